The van der Waals surface area contributed by atoms with E-state index in [0.29, 0.717) is 0 Å². The summed E-state index contributed by atoms with van der Waals surface area (Å²) in [4.78, 5) is 4.41. The first-order chi connectivity index (χ1) is 9.78. The van der Waals surface area contributed by atoms with E-state index < -0.39 is 0 Å². The maximum Gasteiger partial charge on any atom is 0.0708 e. The molecule has 0 amide bonds. The fourth-order valence-electron chi connectivity index (χ4n) is 2.40. The van der Waals surface area contributed by atoms with Crippen LogP contribution >= 0.6 is 0 Å². The fourth-order valence-corrected chi connectivity index (χ4v) is 2.40. The molecule has 0 saturated carbocycles. The number of pyridine rings is 1. The predicted octanol–water partition coefficient (Wildman–Crippen LogP) is 4.31. The Kier molecular flexibility index (Phi) is 3.48. The van der Waals surface area contributed by atoms with E-state index >= 15 is 0 Å². The van der Waals surface area contributed by atoms with E-state index in [0.717, 1.165) is 11.9 Å². The summed E-state index contributed by atoms with van der Waals surface area (Å²) in [6.07, 6.45) is 2.79. The van der Waals surface area contributed by atoms with Gasteiger partial charge in [0.1, 0.15) is 0 Å². The second kappa shape index (κ2) is 5.43. The molecule has 0 aliphatic heterocycles. The molecule has 1 unspecified atom stereocenters. The average Bonchev–Trinajstić information content (AvgIpc) is 2.54. The molecular formula is C18H18N2. The molecule has 0 saturated heterocycles. The quantitative estimate of drug-likeness (QED) is 0.763. The molecule has 2 nitrogen and oxygen atoms in total. The minimum Gasteiger partial charge on any atom is -0.324 e. The molecule has 20 heavy (non-hydrogen) atoms. The Labute approximate surface area is 119 Å². The minimum absolute atomic E-state index is 0.127. The van der Waals surface area contributed by atoms with Gasteiger partial charge in [-0.15, -0.1) is 0 Å². The third-order valence-corrected chi connectivity index (χ3v) is 3.72. The van der Waals surface area contributed by atoms with Crippen molar-refractivity contribution in [1.29, 1.82) is 0 Å². The second-order valence-electron chi connectivity index (χ2n) is 5.05. The molecule has 1 atom stereocenters. The number of hydrogen-bond donors (Lipinski definition) is 1. The highest BCUT2D eigenvalue weighted by atomic mass is 14.6. The van der Waals surface area contributed by atoms with Crippen molar-refractivity contribution in [1.82, 2.24) is 4.98 Å². The Morgan fingerprint density at radius 1 is 1.00 bits per heavy atom. The van der Waals surface area contributed by atoms with E-state index in [9.17, 15) is 0 Å². The van der Waals surface area contributed by atoms with Crippen molar-refractivity contribution in [2.75, 3.05) is 0 Å². The SMILES string of the molecule is CCC(N)c1ccc(-c2ccc3cccnc3c2)cc1. The van der Waals surface area contributed by atoms with Crippen LogP contribution in [0.4, 0.5) is 0 Å². The third kappa shape index (κ3) is 2.43. The van der Waals surface area contributed by atoms with Crippen LogP contribution in [0.25, 0.3) is 22.0 Å². The number of nitrogens with two attached hydrogens (primary N) is 1. The van der Waals surface area contributed by atoms with Crippen LogP contribution in [0, 0.1) is 0 Å². The molecule has 1 aromatic heterocycles. The molecule has 0 spiro atoms. The zero-order valence-electron chi connectivity index (χ0n) is 11.6. The highest BCUT2D eigenvalue weighted by Gasteiger charge is 2.04. The summed E-state index contributed by atoms with van der Waals surface area (Å²) in [6, 6.07) is 19.1. The minimum atomic E-state index is 0.127. The van der Waals surface area contributed by atoms with Crippen LogP contribution in [0.2, 0.25) is 0 Å². The normalized spacial score (nSPS) is 12.5. The van der Waals surface area contributed by atoms with Gasteiger partial charge in [0, 0.05) is 17.6 Å². The molecular weight excluding hydrogens is 244 g/mol. The molecule has 0 aliphatic rings. The highest BCUT2D eigenvalue weighted by Crippen LogP contribution is 2.25. The Bertz CT molecular complexity index is 717. The van der Waals surface area contributed by atoms with Gasteiger partial charge in [-0.3, -0.25) is 4.98 Å². The summed E-state index contributed by atoms with van der Waals surface area (Å²) >= 11 is 0. The molecule has 2 aromatic carbocycles. The van der Waals surface area contributed by atoms with Gasteiger partial charge in [0.05, 0.1) is 5.52 Å². The number of rotatable bonds is 3. The molecule has 0 fully saturated rings. The lowest BCUT2D eigenvalue weighted by Gasteiger charge is -2.10. The second-order valence-corrected chi connectivity index (χ2v) is 5.05. The van der Waals surface area contributed by atoms with Crippen molar-refractivity contribution in [2.45, 2.75) is 19.4 Å². The van der Waals surface area contributed by atoms with Gasteiger partial charge in [-0.05, 0) is 35.2 Å². The summed E-state index contributed by atoms with van der Waals surface area (Å²) in [7, 11) is 0. The Hall–Kier alpha value is -2.19. The van der Waals surface area contributed by atoms with Gasteiger partial charge in [-0.1, -0.05) is 49.4 Å². The first-order valence-corrected chi connectivity index (χ1v) is 6.98. The van der Waals surface area contributed by atoms with Crippen LogP contribution < -0.4 is 5.73 Å². The van der Waals surface area contributed by atoms with Crippen LogP contribution in [-0.2, 0) is 0 Å². The summed E-state index contributed by atoms with van der Waals surface area (Å²) < 4.78 is 0. The van der Waals surface area contributed by atoms with Crippen LogP contribution in [0.3, 0.4) is 0 Å². The lowest BCUT2D eigenvalue weighted by Crippen LogP contribution is -2.07. The molecule has 3 aromatic rings. The Balaban J connectivity index is 1.98. The molecule has 0 aliphatic carbocycles. The first kappa shape index (κ1) is 12.8. The van der Waals surface area contributed by atoms with Gasteiger partial charge >= 0.3 is 0 Å². The summed E-state index contributed by atoms with van der Waals surface area (Å²) in [5.74, 6) is 0. The van der Waals surface area contributed by atoms with E-state index in [-0.39, 0.29) is 6.04 Å². The lowest BCUT2D eigenvalue weighted by atomic mass is 9.99. The maximum atomic E-state index is 6.05. The molecule has 2 N–H and O–H groups in total. The van der Waals surface area contributed by atoms with Crippen LogP contribution in [-0.4, -0.2) is 4.98 Å². The molecule has 3 rings (SSSR count). The largest absolute Gasteiger partial charge is 0.324 e. The standard InChI is InChI=1S/C18H18N2/c1-2-17(19)14-7-5-13(6-8-14)16-10-9-15-4-3-11-20-18(15)12-16/h3-12,17H,2,19H2,1H3. The van der Waals surface area contributed by atoms with Gasteiger partial charge < -0.3 is 5.73 Å². The fraction of sp³-hybridized carbons (Fsp3) is 0.167. The van der Waals surface area contributed by atoms with Crippen molar-refractivity contribution >= 4 is 10.9 Å². The third-order valence-electron chi connectivity index (χ3n) is 3.72. The molecule has 1 heterocycles. The van der Waals surface area contributed by atoms with Crippen LogP contribution in [0.1, 0.15) is 24.9 Å². The number of nitrogens with zero attached hydrogens (tertiary/aromatic N) is 1. The number of fused-ring (bicyclic) bond motifs is 1. The number of benzene rings is 2. The monoisotopic (exact) mass is 262 g/mol. The maximum absolute atomic E-state index is 6.05. The van der Waals surface area contributed by atoms with Crippen LogP contribution in [0.5, 0.6) is 0 Å². The van der Waals surface area contributed by atoms with Crippen molar-refractivity contribution in [2.24, 2.45) is 5.73 Å². The smallest absolute Gasteiger partial charge is 0.0708 e. The molecule has 100 valence electrons. The van der Waals surface area contributed by atoms with E-state index in [4.69, 9.17) is 5.73 Å². The molecule has 2 heteroatoms. The van der Waals surface area contributed by atoms with Crippen molar-refractivity contribution in [3.8, 4) is 11.1 Å². The zero-order chi connectivity index (χ0) is 13.9. The summed E-state index contributed by atoms with van der Waals surface area (Å²) in [5.41, 5.74) is 10.7. The summed E-state index contributed by atoms with van der Waals surface area (Å²) in [5, 5.41) is 1.17. The van der Waals surface area contributed by atoms with Crippen LogP contribution in [0.15, 0.2) is 60.8 Å². The van der Waals surface area contributed by atoms with Gasteiger partial charge in [-0.25, -0.2) is 0 Å². The van der Waals surface area contributed by atoms with Gasteiger partial charge in [0.25, 0.3) is 0 Å². The van der Waals surface area contributed by atoms with Crippen molar-refractivity contribution in [3.63, 3.8) is 0 Å². The zero-order valence-corrected chi connectivity index (χ0v) is 11.6. The van der Waals surface area contributed by atoms with Crippen molar-refractivity contribution < 1.29 is 0 Å². The topological polar surface area (TPSA) is 38.9 Å². The summed E-state index contributed by atoms with van der Waals surface area (Å²) in [6.45, 7) is 2.10. The van der Waals surface area contributed by atoms with E-state index in [2.05, 4.69) is 60.4 Å². The molecule has 0 radical (unpaired) electrons. The predicted molar refractivity (Wildman–Crippen MR) is 84.4 cm³/mol. The highest BCUT2D eigenvalue weighted by molar-refractivity contribution is 5.84. The Morgan fingerprint density at radius 2 is 1.75 bits per heavy atom. The number of aromatic nitrogens is 1. The lowest BCUT2D eigenvalue weighted by molar-refractivity contribution is 0.699. The number of hydrogen-bond acceptors (Lipinski definition) is 2. The Morgan fingerprint density at radius 3 is 2.50 bits per heavy atom. The molecule has 0 bridgehead atoms. The van der Waals surface area contributed by atoms with Gasteiger partial charge in [0.2, 0.25) is 0 Å². The van der Waals surface area contributed by atoms with Crippen molar-refractivity contribution in [3.05, 3.63) is 66.4 Å². The van der Waals surface area contributed by atoms with E-state index in [1.807, 2.05) is 12.3 Å². The first-order valence-electron chi connectivity index (χ1n) is 6.98. The van der Waals surface area contributed by atoms with Gasteiger partial charge in [0.15, 0.2) is 0 Å². The van der Waals surface area contributed by atoms with E-state index in [1.165, 1.54) is 22.1 Å². The average molecular weight is 262 g/mol. The van der Waals surface area contributed by atoms with Gasteiger partial charge in [-0.2, -0.15) is 0 Å². The van der Waals surface area contributed by atoms with E-state index in [1.54, 1.807) is 0 Å².